The van der Waals surface area contributed by atoms with Gasteiger partial charge in [-0.25, -0.2) is 0 Å². The van der Waals surface area contributed by atoms with Crippen molar-refractivity contribution in [2.24, 2.45) is 10.5 Å². The smallest absolute Gasteiger partial charge is 0.262 e. The normalized spacial score (nSPS) is 17.8. The average molecular weight is 369 g/mol. The van der Waals surface area contributed by atoms with E-state index in [2.05, 4.69) is 31.0 Å². The first-order valence-corrected chi connectivity index (χ1v) is 9.41. The lowest BCUT2D eigenvalue weighted by Crippen LogP contribution is -2.34. The molecule has 0 radical (unpaired) electrons. The molecule has 2 aliphatic rings. The molecular weight excluding hydrogens is 350 g/mol. The predicted molar refractivity (Wildman–Crippen MR) is 98.4 cm³/mol. The van der Waals surface area contributed by atoms with E-state index in [1.165, 1.54) is 4.90 Å². The Morgan fingerprint density at radius 3 is 2.27 bits per heavy atom. The van der Waals surface area contributed by atoms with Crippen molar-refractivity contribution >= 4 is 29.3 Å². The first-order valence-electron chi connectivity index (χ1n) is 8.42. The number of rotatable bonds is 2. The minimum Gasteiger partial charge on any atom is -0.269 e. The SMILES string of the molecule is CC(c1nnc2n1N=C(C(C)(C)C)CS2)N1C(=O)c2ccccc2C1=O. The van der Waals surface area contributed by atoms with Gasteiger partial charge >= 0.3 is 0 Å². The highest BCUT2D eigenvalue weighted by molar-refractivity contribution is 7.99. The van der Waals surface area contributed by atoms with Crippen LogP contribution in [0.25, 0.3) is 0 Å². The fraction of sp³-hybridized carbons (Fsp3) is 0.389. The van der Waals surface area contributed by atoms with E-state index < -0.39 is 6.04 Å². The topological polar surface area (TPSA) is 80.5 Å². The Bertz CT molecular complexity index is 922. The van der Waals surface area contributed by atoms with Crippen LogP contribution in [0, 0.1) is 5.41 Å². The minimum atomic E-state index is -0.563. The number of thioether (sulfide) groups is 1. The molecule has 26 heavy (non-hydrogen) atoms. The maximum Gasteiger partial charge on any atom is 0.262 e. The van der Waals surface area contributed by atoms with Crippen LogP contribution in [0.2, 0.25) is 0 Å². The number of amides is 2. The quantitative estimate of drug-likeness (QED) is 0.760. The molecule has 0 spiro atoms. The largest absolute Gasteiger partial charge is 0.269 e. The second-order valence-corrected chi connectivity index (χ2v) is 8.38. The first-order chi connectivity index (χ1) is 12.3. The Hall–Kier alpha value is -2.48. The van der Waals surface area contributed by atoms with Crippen molar-refractivity contribution in [3.63, 3.8) is 0 Å². The highest BCUT2D eigenvalue weighted by Gasteiger charge is 2.41. The lowest BCUT2D eigenvalue weighted by molar-refractivity contribution is 0.0586. The maximum atomic E-state index is 12.7. The molecular formula is C18H19N5O2S. The average Bonchev–Trinajstić information content (AvgIpc) is 3.13. The van der Waals surface area contributed by atoms with Gasteiger partial charge in [-0.2, -0.15) is 9.78 Å². The summed E-state index contributed by atoms with van der Waals surface area (Å²) in [7, 11) is 0. The van der Waals surface area contributed by atoms with E-state index in [0.29, 0.717) is 22.1 Å². The van der Waals surface area contributed by atoms with Crippen molar-refractivity contribution in [3.8, 4) is 0 Å². The number of hydrogen-bond donors (Lipinski definition) is 0. The molecule has 0 N–H and O–H groups in total. The van der Waals surface area contributed by atoms with Gasteiger partial charge in [-0.15, -0.1) is 10.2 Å². The van der Waals surface area contributed by atoms with Crippen LogP contribution in [0.5, 0.6) is 0 Å². The third-order valence-electron chi connectivity index (χ3n) is 4.65. The van der Waals surface area contributed by atoms with Crippen LogP contribution in [0.4, 0.5) is 0 Å². The first kappa shape index (κ1) is 17.0. The van der Waals surface area contributed by atoms with Crippen LogP contribution < -0.4 is 0 Å². The highest BCUT2D eigenvalue weighted by Crippen LogP contribution is 2.34. The van der Waals surface area contributed by atoms with E-state index in [1.54, 1.807) is 47.6 Å². The number of imide groups is 1. The Kier molecular flexibility index (Phi) is 3.76. The molecule has 0 saturated carbocycles. The van der Waals surface area contributed by atoms with Gasteiger partial charge < -0.3 is 0 Å². The number of fused-ring (bicyclic) bond motifs is 2. The maximum absolute atomic E-state index is 12.7. The van der Waals surface area contributed by atoms with Crippen LogP contribution in [-0.2, 0) is 0 Å². The summed E-state index contributed by atoms with van der Waals surface area (Å²) in [5, 5.41) is 13.8. The van der Waals surface area contributed by atoms with Crippen LogP contribution >= 0.6 is 11.8 Å². The number of hydrogen-bond acceptors (Lipinski definition) is 6. The van der Waals surface area contributed by atoms with Gasteiger partial charge in [0.15, 0.2) is 5.82 Å². The summed E-state index contributed by atoms with van der Waals surface area (Å²) in [6.45, 7) is 8.10. The van der Waals surface area contributed by atoms with Crippen LogP contribution in [0.15, 0.2) is 34.5 Å². The van der Waals surface area contributed by atoms with Gasteiger partial charge in [-0.05, 0) is 19.1 Å². The van der Waals surface area contributed by atoms with Gasteiger partial charge in [0.05, 0.1) is 22.9 Å². The van der Waals surface area contributed by atoms with Crippen molar-refractivity contribution < 1.29 is 9.59 Å². The van der Waals surface area contributed by atoms with Gasteiger partial charge in [0.2, 0.25) is 5.16 Å². The summed E-state index contributed by atoms with van der Waals surface area (Å²) in [6.07, 6.45) is 0. The van der Waals surface area contributed by atoms with Gasteiger partial charge in [-0.1, -0.05) is 44.7 Å². The fourth-order valence-electron chi connectivity index (χ4n) is 3.05. The molecule has 2 amide bonds. The minimum absolute atomic E-state index is 0.0784. The zero-order valence-electron chi connectivity index (χ0n) is 15.1. The van der Waals surface area contributed by atoms with Crippen molar-refractivity contribution in [3.05, 3.63) is 41.2 Å². The van der Waals surface area contributed by atoms with E-state index in [9.17, 15) is 9.59 Å². The van der Waals surface area contributed by atoms with E-state index in [4.69, 9.17) is 5.10 Å². The lowest BCUT2D eigenvalue weighted by Gasteiger charge is -2.26. The summed E-state index contributed by atoms with van der Waals surface area (Å²) >= 11 is 1.56. The Labute approximate surface area is 155 Å². The highest BCUT2D eigenvalue weighted by atomic mass is 32.2. The number of benzene rings is 1. The van der Waals surface area contributed by atoms with Crippen molar-refractivity contribution in [2.75, 3.05) is 5.75 Å². The second-order valence-electron chi connectivity index (χ2n) is 7.44. The standard InChI is InChI=1S/C18H19N5O2S/c1-10(22-15(24)11-7-5-6-8-12(11)16(22)25)14-19-20-17-23(14)21-13(9-26-17)18(2,3)4/h5-8,10H,9H2,1-4H3. The fourth-order valence-corrected chi connectivity index (χ4v) is 4.16. The molecule has 7 nitrogen and oxygen atoms in total. The molecule has 1 aromatic carbocycles. The Morgan fingerprint density at radius 1 is 1.08 bits per heavy atom. The zero-order valence-corrected chi connectivity index (χ0v) is 15.9. The van der Waals surface area contributed by atoms with E-state index >= 15 is 0 Å². The van der Waals surface area contributed by atoms with Crippen molar-refractivity contribution in [1.82, 2.24) is 19.8 Å². The molecule has 3 heterocycles. The predicted octanol–water partition coefficient (Wildman–Crippen LogP) is 2.99. The molecule has 0 saturated heterocycles. The monoisotopic (exact) mass is 369 g/mol. The number of nitrogens with zero attached hydrogens (tertiary/aromatic N) is 5. The summed E-state index contributed by atoms with van der Waals surface area (Å²) in [6, 6.07) is 6.30. The van der Waals surface area contributed by atoms with E-state index in [0.717, 1.165) is 11.5 Å². The molecule has 0 bridgehead atoms. The van der Waals surface area contributed by atoms with Gasteiger partial charge in [0.1, 0.15) is 0 Å². The molecule has 1 atom stereocenters. The van der Waals surface area contributed by atoms with Crippen molar-refractivity contribution in [1.29, 1.82) is 0 Å². The summed E-state index contributed by atoms with van der Waals surface area (Å²) < 4.78 is 1.67. The van der Waals surface area contributed by atoms with Gasteiger partial charge in [0.25, 0.3) is 11.8 Å². The molecule has 2 aromatic rings. The molecule has 134 valence electrons. The summed E-state index contributed by atoms with van der Waals surface area (Å²) in [5.41, 5.74) is 1.79. The lowest BCUT2D eigenvalue weighted by atomic mass is 9.91. The van der Waals surface area contributed by atoms with Crippen LogP contribution in [0.3, 0.4) is 0 Å². The molecule has 0 fully saturated rings. The summed E-state index contributed by atoms with van der Waals surface area (Å²) in [5.74, 6) is 0.629. The van der Waals surface area contributed by atoms with Crippen molar-refractivity contribution in [2.45, 2.75) is 38.9 Å². The Morgan fingerprint density at radius 2 is 1.69 bits per heavy atom. The molecule has 2 aliphatic heterocycles. The molecule has 1 unspecified atom stereocenters. The zero-order chi connectivity index (χ0) is 18.6. The van der Waals surface area contributed by atoms with Crippen LogP contribution in [-0.4, -0.2) is 43.1 Å². The third-order valence-corrected chi connectivity index (χ3v) is 5.58. The van der Waals surface area contributed by atoms with Crippen LogP contribution in [0.1, 0.15) is 60.3 Å². The molecule has 8 heteroatoms. The summed E-state index contributed by atoms with van der Waals surface area (Å²) in [4.78, 5) is 26.7. The molecule has 4 rings (SSSR count). The van der Waals surface area contributed by atoms with Gasteiger partial charge in [-0.3, -0.25) is 14.5 Å². The number of aromatic nitrogens is 3. The Balaban J connectivity index is 1.73. The number of carbonyl (C=O) groups is 2. The number of carbonyl (C=O) groups excluding carboxylic acids is 2. The molecule has 1 aromatic heterocycles. The third kappa shape index (κ3) is 2.47. The molecule has 0 aliphatic carbocycles. The second kappa shape index (κ2) is 5.77. The van der Waals surface area contributed by atoms with E-state index in [1.807, 2.05) is 0 Å². The van der Waals surface area contributed by atoms with Gasteiger partial charge in [0, 0.05) is 11.2 Å². The van der Waals surface area contributed by atoms with E-state index in [-0.39, 0.29) is 17.2 Å².